The number of hydrogen-bond acceptors (Lipinski definition) is 2. The summed E-state index contributed by atoms with van der Waals surface area (Å²) >= 11 is 5.18. The van der Waals surface area contributed by atoms with Crippen LogP contribution >= 0.6 is 12.2 Å². The monoisotopic (exact) mass is 272 g/mol. The Morgan fingerprint density at radius 3 is 2.88 bits per heavy atom. The summed E-state index contributed by atoms with van der Waals surface area (Å²) in [6.07, 6.45) is 1.66. The molecule has 0 aliphatic rings. The number of hydrogen-bond donors (Lipinski definition) is 1. The lowest BCUT2D eigenvalue weighted by atomic mass is 10.2. The molecule has 1 heterocycles. The third-order valence-electron chi connectivity index (χ3n) is 2.66. The number of imidazole rings is 1. The van der Waals surface area contributed by atoms with E-state index in [1.807, 2.05) is 4.57 Å². The van der Waals surface area contributed by atoms with Crippen molar-refractivity contribution in [3.05, 3.63) is 28.3 Å². The predicted octanol–water partition coefficient (Wildman–Crippen LogP) is 2.52. The van der Waals surface area contributed by atoms with Crippen LogP contribution in [-0.2, 0) is 17.3 Å². The van der Waals surface area contributed by atoms with E-state index < -0.39 is 10.8 Å². The Labute approximate surface area is 106 Å². The molecule has 17 heavy (non-hydrogen) atoms. The average molecular weight is 272 g/mol. The van der Waals surface area contributed by atoms with E-state index in [2.05, 4.69) is 4.98 Å². The van der Waals surface area contributed by atoms with Crippen LogP contribution in [0.3, 0.4) is 0 Å². The van der Waals surface area contributed by atoms with Crippen molar-refractivity contribution in [2.45, 2.75) is 13.5 Å². The normalized spacial score (nSPS) is 13.1. The number of aromatic nitrogens is 2. The molecule has 1 atom stereocenters. The first kappa shape index (κ1) is 12.4. The largest absolute Gasteiger partial charge is 0.330 e. The number of nitrogens with zero attached hydrogens (tertiary/aromatic N) is 1. The van der Waals surface area contributed by atoms with Gasteiger partial charge in [0, 0.05) is 29.4 Å². The number of halogens is 1. The molecular weight excluding hydrogens is 259 g/mol. The molecule has 0 fully saturated rings. The third-order valence-corrected chi connectivity index (χ3v) is 3.74. The quantitative estimate of drug-likeness (QED) is 0.872. The molecule has 6 heteroatoms. The number of nitrogens with one attached hydrogen (secondary N) is 1. The molecule has 0 bridgehead atoms. The van der Waals surface area contributed by atoms with Gasteiger partial charge in [0.25, 0.3) is 0 Å². The van der Waals surface area contributed by atoms with Gasteiger partial charge in [-0.15, -0.1) is 0 Å². The molecule has 0 aliphatic heterocycles. The summed E-state index contributed by atoms with van der Waals surface area (Å²) in [6, 6.07) is 3.20. The zero-order valence-electron chi connectivity index (χ0n) is 9.62. The van der Waals surface area contributed by atoms with Crippen LogP contribution in [0.4, 0.5) is 4.39 Å². The topological polar surface area (TPSA) is 37.8 Å². The molecule has 1 unspecified atom stereocenters. The Kier molecular flexibility index (Phi) is 3.44. The smallest absolute Gasteiger partial charge is 0.178 e. The molecule has 0 amide bonds. The first-order chi connectivity index (χ1) is 7.99. The van der Waals surface area contributed by atoms with Crippen molar-refractivity contribution < 1.29 is 8.60 Å². The fourth-order valence-electron chi connectivity index (χ4n) is 1.72. The van der Waals surface area contributed by atoms with Crippen LogP contribution in [0.25, 0.3) is 11.0 Å². The molecule has 2 rings (SSSR count). The van der Waals surface area contributed by atoms with Gasteiger partial charge in [0.2, 0.25) is 0 Å². The first-order valence-corrected chi connectivity index (χ1v) is 7.31. The van der Waals surface area contributed by atoms with Crippen molar-refractivity contribution in [1.82, 2.24) is 9.55 Å². The van der Waals surface area contributed by atoms with Gasteiger partial charge >= 0.3 is 0 Å². The number of H-pyrrole nitrogens is 1. The van der Waals surface area contributed by atoms with Crippen LogP contribution in [0, 0.1) is 17.5 Å². The summed E-state index contributed by atoms with van der Waals surface area (Å²) in [7, 11) is -0.866. The van der Waals surface area contributed by atoms with E-state index in [0.717, 1.165) is 5.52 Å². The fraction of sp³-hybridized carbons (Fsp3) is 0.364. The summed E-state index contributed by atoms with van der Waals surface area (Å²) < 4.78 is 26.9. The van der Waals surface area contributed by atoms with Gasteiger partial charge in [0.1, 0.15) is 5.82 Å². The van der Waals surface area contributed by atoms with E-state index in [1.165, 1.54) is 6.07 Å². The van der Waals surface area contributed by atoms with Crippen molar-refractivity contribution in [2.75, 3.05) is 12.0 Å². The highest BCUT2D eigenvalue weighted by Gasteiger charge is 2.08. The van der Waals surface area contributed by atoms with Crippen LogP contribution < -0.4 is 0 Å². The predicted molar refractivity (Wildman–Crippen MR) is 70.8 cm³/mol. The lowest BCUT2D eigenvalue weighted by Crippen LogP contribution is -2.06. The Bertz CT molecular complexity index is 645. The minimum Gasteiger partial charge on any atom is -0.330 e. The number of aromatic amines is 1. The van der Waals surface area contributed by atoms with Crippen molar-refractivity contribution in [3.8, 4) is 0 Å². The summed E-state index contributed by atoms with van der Waals surface area (Å²) in [4.78, 5) is 2.96. The van der Waals surface area contributed by atoms with Gasteiger partial charge in [-0.2, -0.15) is 0 Å². The van der Waals surface area contributed by atoms with Crippen LogP contribution in [-0.4, -0.2) is 25.8 Å². The van der Waals surface area contributed by atoms with Crippen LogP contribution in [0.1, 0.15) is 5.56 Å². The van der Waals surface area contributed by atoms with Gasteiger partial charge < -0.3 is 9.55 Å². The Morgan fingerprint density at radius 1 is 1.53 bits per heavy atom. The summed E-state index contributed by atoms with van der Waals surface area (Å²) in [5.41, 5.74) is 2.12. The van der Waals surface area contributed by atoms with Gasteiger partial charge in [-0.1, -0.05) is 0 Å². The minimum absolute atomic E-state index is 0.250. The van der Waals surface area contributed by atoms with E-state index in [9.17, 15) is 8.60 Å². The second kappa shape index (κ2) is 4.70. The molecule has 0 saturated heterocycles. The number of fused-ring (bicyclic) bond motifs is 1. The fourth-order valence-corrected chi connectivity index (χ4v) is 2.46. The molecule has 1 aromatic carbocycles. The Morgan fingerprint density at radius 2 is 2.24 bits per heavy atom. The van der Waals surface area contributed by atoms with Crippen molar-refractivity contribution >= 4 is 34.1 Å². The zero-order chi connectivity index (χ0) is 12.6. The maximum Gasteiger partial charge on any atom is 0.178 e. The highest BCUT2D eigenvalue weighted by molar-refractivity contribution is 7.84. The summed E-state index contributed by atoms with van der Waals surface area (Å²) in [5, 5.41) is 0. The molecule has 0 saturated carbocycles. The molecule has 0 aliphatic carbocycles. The second-order valence-electron chi connectivity index (χ2n) is 3.98. The molecule has 0 spiro atoms. The molecule has 1 aromatic heterocycles. The second-order valence-corrected chi connectivity index (χ2v) is 5.92. The van der Waals surface area contributed by atoms with Crippen LogP contribution in [0.2, 0.25) is 0 Å². The lowest BCUT2D eigenvalue weighted by molar-refractivity contribution is 0.620. The van der Waals surface area contributed by atoms with Gasteiger partial charge in [0.05, 0.1) is 11.0 Å². The molecule has 0 radical (unpaired) electrons. The standard InChI is InChI=1S/C11H13FN2OS2/c1-7-5-10-9(6-8(7)12)13-11(16)14(10)3-4-17(2)15/h5-6H,3-4H2,1-2H3,(H,13,16). The van der Waals surface area contributed by atoms with E-state index in [4.69, 9.17) is 12.2 Å². The van der Waals surface area contributed by atoms with Crippen LogP contribution in [0.5, 0.6) is 0 Å². The summed E-state index contributed by atoms with van der Waals surface area (Å²) in [5.74, 6) is 0.289. The average Bonchev–Trinajstić information content (AvgIpc) is 2.52. The highest BCUT2D eigenvalue weighted by Crippen LogP contribution is 2.18. The van der Waals surface area contributed by atoms with E-state index in [0.29, 0.717) is 28.1 Å². The lowest BCUT2D eigenvalue weighted by Gasteiger charge is -2.03. The minimum atomic E-state index is -0.866. The number of aryl methyl sites for hydroxylation is 2. The molecule has 1 N–H and O–H groups in total. The Hall–Kier alpha value is -1.01. The molecule has 3 nitrogen and oxygen atoms in total. The van der Waals surface area contributed by atoms with E-state index in [-0.39, 0.29) is 5.82 Å². The van der Waals surface area contributed by atoms with Crippen molar-refractivity contribution in [1.29, 1.82) is 0 Å². The maximum atomic E-state index is 13.4. The molecule has 92 valence electrons. The van der Waals surface area contributed by atoms with Crippen molar-refractivity contribution in [2.24, 2.45) is 0 Å². The van der Waals surface area contributed by atoms with Gasteiger partial charge in [0.15, 0.2) is 4.77 Å². The molecule has 2 aromatic rings. The van der Waals surface area contributed by atoms with Crippen molar-refractivity contribution in [3.63, 3.8) is 0 Å². The third kappa shape index (κ3) is 2.47. The van der Waals surface area contributed by atoms with Crippen LogP contribution in [0.15, 0.2) is 12.1 Å². The number of rotatable bonds is 3. The molecular formula is C11H13FN2OS2. The van der Waals surface area contributed by atoms with Gasteiger partial charge in [-0.25, -0.2) is 4.39 Å². The summed E-state index contributed by atoms with van der Waals surface area (Å²) in [6.45, 7) is 2.29. The zero-order valence-corrected chi connectivity index (χ0v) is 11.3. The Balaban J connectivity index is 2.54. The number of benzene rings is 1. The van der Waals surface area contributed by atoms with E-state index in [1.54, 1.807) is 19.2 Å². The first-order valence-electron chi connectivity index (χ1n) is 5.17. The SMILES string of the molecule is Cc1cc2c(cc1F)[nH]c(=S)n2CCS(C)=O. The van der Waals surface area contributed by atoms with Gasteiger partial charge in [-0.3, -0.25) is 4.21 Å². The highest BCUT2D eigenvalue weighted by atomic mass is 32.2. The maximum absolute atomic E-state index is 13.4. The van der Waals surface area contributed by atoms with Gasteiger partial charge in [-0.05, 0) is 36.8 Å². The van der Waals surface area contributed by atoms with E-state index >= 15 is 0 Å².